The zero-order chi connectivity index (χ0) is 14.2. The van der Waals surface area contributed by atoms with Gasteiger partial charge >= 0.3 is 0 Å². The lowest BCUT2D eigenvalue weighted by molar-refractivity contribution is 0.456. The summed E-state index contributed by atoms with van der Waals surface area (Å²) in [5.74, 6) is 0. The number of hydrogen-bond donors (Lipinski definition) is 1. The fourth-order valence-electron chi connectivity index (χ4n) is 1.74. The summed E-state index contributed by atoms with van der Waals surface area (Å²) in [6.07, 6.45) is 10.6. The van der Waals surface area contributed by atoms with Crippen molar-refractivity contribution in [1.82, 2.24) is 15.2 Å². The van der Waals surface area contributed by atoms with Crippen molar-refractivity contribution in [2.75, 3.05) is 27.2 Å². The second-order valence-corrected chi connectivity index (χ2v) is 5.45. The quantitative estimate of drug-likeness (QED) is 0.446. The third-order valence-corrected chi connectivity index (χ3v) is 3.03. The summed E-state index contributed by atoms with van der Waals surface area (Å²) in [4.78, 5) is 11.0. The number of aromatic nitrogens is 1. The Kier molecular flexibility index (Phi) is 5.89. The zero-order valence-corrected chi connectivity index (χ0v) is 12.4. The van der Waals surface area contributed by atoms with E-state index in [9.17, 15) is 0 Å². The molecule has 0 atom stereocenters. The first kappa shape index (κ1) is 14.9. The fraction of sp³-hybridized carbons (Fsp3) is 0.500. The second kappa shape index (κ2) is 7.92. The Morgan fingerprint density at radius 3 is 3.00 bits per heavy atom. The third-order valence-electron chi connectivity index (χ3n) is 3.03. The molecular formula is C16H24N4. The van der Waals surface area contributed by atoms with Crippen molar-refractivity contribution < 1.29 is 0 Å². The zero-order valence-electron chi connectivity index (χ0n) is 12.4. The average molecular weight is 272 g/mol. The summed E-state index contributed by atoms with van der Waals surface area (Å²) in [6.45, 7) is 2.64. The Bertz CT molecular complexity index is 461. The van der Waals surface area contributed by atoms with Crippen LogP contribution in [0.25, 0.3) is 0 Å². The molecule has 0 aromatic carbocycles. The molecule has 4 heteroatoms. The van der Waals surface area contributed by atoms with Crippen molar-refractivity contribution in [2.45, 2.75) is 25.4 Å². The third kappa shape index (κ3) is 6.08. The minimum atomic E-state index is 0.576. The number of pyridine rings is 1. The van der Waals surface area contributed by atoms with E-state index in [2.05, 4.69) is 52.5 Å². The first-order valence-corrected chi connectivity index (χ1v) is 7.22. The SMILES string of the molecule is CN(C)C/C=C/CNCc1cc(/C=N/C2CC2)ccn1. The van der Waals surface area contributed by atoms with E-state index < -0.39 is 0 Å². The molecule has 1 aliphatic carbocycles. The average Bonchev–Trinajstić information content (AvgIpc) is 3.25. The largest absolute Gasteiger partial charge is 0.308 e. The van der Waals surface area contributed by atoms with Gasteiger partial charge in [-0.3, -0.25) is 9.98 Å². The van der Waals surface area contributed by atoms with Gasteiger partial charge < -0.3 is 10.2 Å². The predicted octanol–water partition coefficient (Wildman–Crippen LogP) is 1.87. The van der Waals surface area contributed by atoms with Crippen molar-refractivity contribution in [3.05, 3.63) is 41.7 Å². The maximum absolute atomic E-state index is 4.50. The number of aliphatic imine (C=N–C) groups is 1. The molecular weight excluding hydrogens is 248 g/mol. The van der Waals surface area contributed by atoms with E-state index in [1.54, 1.807) is 0 Å². The molecule has 0 spiro atoms. The highest BCUT2D eigenvalue weighted by molar-refractivity contribution is 5.79. The van der Waals surface area contributed by atoms with Crippen molar-refractivity contribution >= 4 is 6.21 Å². The summed E-state index contributed by atoms with van der Waals surface area (Å²) < 4.78 is 0. The molecule has 20 heavy (non-hydrogen) atoms. The Labute approximate surface area is 121 Å². The van der Waals surface area contributed by atoms with E-state index in [0.717, 1.165) is 30.9 Å². The van der Waals surface area contributed by atoms with Crippen LogP contribution in [0.15, 0.2) is 35.5 Å². The molecule has 0 aliphatic heterocycles. The van der Waals surface area contributed by atoms with Gasteiger partial charge in [0.15, 0.2) is 0 Å². The topological polar surface area (TPSA) is 40.5 Å². The molecule has 1 saturated carbocycles. The van der Waals surface area contributed by atoms with Crippen LogP contribution < -0.4 is 5.32 Å². The Hall–Kier alpha value is -1.52. The van der Waals surface area contributed by atoms with Gasteiger partial charge in [-0.2, -0.15) is 0 Å². The highest BCUT2D eigenvalue weighted by atomic mass is 15.0. The van der Waals surface area contributed by atoms with E-state index in [-0.39, 0.29) is 0 Å². The highest BCUT2D eigenvalue weighted by Gasteiger charge is 2.18. The van der Waals surface area contributed by atoms with Crippen LogP contribution in [0.4, 0.5) is 0 Å². The van der Waals surface area contributed by atoms with E-state index >= 15 is 0 Å². The number of likely N-dealkylation sites (N-methyl/N-ethyl adjacent to an activating group) is 1. The second-order valence-electron chi connectivity index (χ2n) is 5.45. The van der Waals surface area contributed by atoms with Crippen LogP contribution in [-0.2, 0) is 6.54 Å². The molecule has 108 valence electrons. The van der Waals surface area contributed by atoms with E-state index in [1.807, 2.05) is 18.5 Å². The van der Waals surface area contributed by atoms with Gasteiger partial charge in [-0.1, -0.05) is 12.2 Å². The Morgan fingerprint density at radius 2 is 2.25 bits per heavy atom. The number of hydrogen-bond acceptors (Lipinski definition) is 4. The van der Waals surface area contributed by atoms with Gasteiger partial charge in [0.05, 0.1) is 11.7 Å². The summed E-state index contributed by atoms with van der Waals surface area (Å²) in [7, 11) is 4.13. The molecule has 0 amide bonds. The summed E-state index contributed by atoms with van der Waals surface area (Å²) in [6, 6.07) is 4.68. The standard InChI is InChI=1S/C16H24N4/c1-20(2)10-4-3-8-17-13-16-11-14(7-9-18-16)12-19-15-5-6-15/h3-4,7,9,11-12,15,17H,5-6,8,10,13H2,1-2H3/b4-3+,19-12+. The number of rotatable bonds is 8. The molecule has 0 saturated heterocycles. The first-order valence-electron chi connectivity index (χ1n) is 7.22. The minimum Gasteiger partial charge on any atom is -0.308 e. The van der Waals surface area contributed by atoms with Crippen LogP contribution in [0.2, 0.25) is 0 Å². The lowest BCUT2D eigenvalue weighted by Gasteiger charge is -2.04. The Morgan fingerprint density at radius 1 is 1.40 bits per heavy atom. The highest BCUT2D eigenvalue weighted by Crippen LogP contribution is 2.23. The van der Waals surface area contributed by atoms with Crippen LogP contribution in [0.1, 0.15) is 24.1 Å². The molecule has 1 heterocycles. The Balaban J connectivity index is 1.72. The molecule has 1 aromatic heterocycles. The maximum Gasteiger partial charge on any atom is 0.0548 e. The lowest BCUT2D eigenvalue weighted by atomic mass is 10.2. The van der Waals surface area contributed by atoms with Crippen molar-refractivity contribution in [2.24, 2.45) is 4.99 Å². The minimum absolute atomic E-state index is 0.576. The molecule has 0 bridgehead atoms. The summed E-state index contributed by atoms with van der Waals surface area (Å²) >= 11 is 0. The summed E-state index contributed by atoms with van der Waals surface area (Å²) in [5.41, 5.74) is 2.21. The van der Waals surface area contributed by atoms with Gasteiger partial charge in [0.1, 0.15) is 0 Å². The van der Waals surface area contributed by atoms with Gasteiger partial charge in [-0.15, -0.1) is 0 Å². The van der Waals surface area contributed by atoms with Gasteiger partial charge in [-0.25, -0.2) is 0 Å². The monoisotopic (exact) mass is 272 g/mol. The van der Waals surface area contributed by atoms with Gasteiger partial charge in [0.2, 0.25) is 0 Å². The van der Waals surface area contributed by atoms with Crippen LogP contribution in [0, 0.1) is 0 Å². The predicted molar refractivity (Wildman–Crippen MR) is 84.3 cm³/mol. The van der Waals surface area contributed by atoms with Crippen LogP contribution in [0.5, 0.6) is 0 Å². The van der Waals surface area contributed by atoms with E-state index in [4.69, 9.17) is 0 Å². The number of nitrogens with zero attached hydrogens (tertiary/aromatic N) is 3. The van der Waals surface area contributed by atoms with Gasteiger partial charge in [0, 0.05) is 32.0 Å². The molecule has 2 rings (SSSR count). The molecule has 1 aliphatic rings. The van der Waals surface area contributed by atoms with Gasteiger partial charge in [0.25, 0.3) is 0 Å². The van der Waals surface area contributed by atoms with Crippen molar-refractivity contribution in [3.8, 4) is 0 Å². The molecule has 4 nitrogen and oxygen atoms in total. The van der Waals surface area contributed by atoms with Crippen LogP contribution in [-0.4, -0.2) is 49.3 Å². The van der Waals surface area contributed by atoms with Crippen LogP contribution >= 0.6 is 0 Å². The summed E-state index contributed by atoms with van der Waals surface area (Å²) in [5, 5.41) is 3.37. The first-order chi connectivity index (χ1) is 9.74. The smallest absolute Gasteiger partial charge is 0.0548 e. The van der Waals surface area contributed by atoms with E-state index in [0.29, 0.717) is 6.04 Å². The molecule has 1 N–H and O–H groups in total. The maximum atomic E-state index is 4.50. The molecule has 1 aromatic rings. The van der Waals surface area contributed by atoms with Crippen molar-refractivity contribution in [1.29, 1.82) is 0 Å². The molecule has 0 unspecified atom stereocenters. The fourth-order valence-corrected chi connectivity index (χ4v) is 1.74. The van der Waals surface area contributed by atoms with Crippen molar-refractivity contribution in [3.63, 3.8) is 0 Å². The molecule has 1 fully saturated rings. The normalized spacial score (nSPS) is 15.8. The lowest BCUT2D eigenvalue weighted by Crippen LogP contribution is -2.15. The van der Waals surface area contributed by atoms with Gasteiger partial charge in [-0.05, 0) is 44.6 Å². The van der Waals surface area contributed by atoms with Crippen LogP contribution in [0.3, 0.4) is 0 Å². The molecule has 0 radical (unpaired) electrons. The number of nitrogens with one attached hydrogen (secondary N) is 1. The van der Waals surface area contributed by atoms with E-state index in [1.165, 1.54) is 12.8 Å².